The number of likely N-dealkylation sites (tertiary alicyclic amines) is 1. The van der Waals surface area contributed by atoms with Crippen LogP contribution in [0.4, 0.5) is 20.4 Å². The number of nitrogens with two attached hydrogens (primary N) is 2. The Morgan fingerprint density at radius 2 is 2.03 bits per heavy atom. The normalized spacial score (nSPS) is 21.2. The Morgan fingerprint density at radius 3 is 2.77 bits per heavy atom. The molecule has 162 valence electrons. The lowest BCUT2D eigenvalue weighted by Crippen LogP contribution is -2.43. The molecule has 10 nitrogen and oxygen atoms in total. The van der Waals surface area contributed by atoms with Gasteiger partial charge < -0.3 is 16.6 Å². The van der Waals surface area contributed by atoms with E-state index in [9.17, 15) is 13.9 Å². The van der Waals surface area contributed by atoms with Gasteiger partial charge in [-0.05, 0) is 25.8 Å². The summed E-state index contributed by atoms with van der Waals surface area (Å²) in [4.78, 5) is 10.5. The zero-order valence-electron chi connectivity index (χ0n) is 16.6. The molecule has 31 heavy (non-hydrogen) atoms. The van der Waals surface area contributed by atoms with Crippen molar-refractivity contribution in [1.29, 1.82) is 0 Å². The van der Waals surface area contributed by atoms with Gasteiger partial charge in [0.05, 0.1) is 17.3 Å². The molecule has 4 aromatic rings. The van der Waals surface area contributed by atoms with Gasteiger partial charge >= 0.3 is 0 Å². The summed E-state index contributed by atoms with van der Waals surface area (Å²) in [7, 11) is 0. The van der Waals surface area contributed by atoms with E-state index in [1.54, 1.807) is 0 Å². The van der Waals surface area contributed by atoms with Crippen molar-refractivity contribution in [2.45, 2.75) is 38.0 Å². The van der Waals surface area contributed by atoms with Crippen molar-refractivity contribution >= 4 is 28.2 Å². The Bertz CT molecular complexity index is 1290. The molecular formula is C19H21F2N9O. The maximum atomic E-state index is 14.2. The molecule has 0 spiro atoms. The summed E-state index contributed by atoms with van der Waals surface area (Å²) in [5.41, 5.74) is 12.8. The molecule has 0 aliphatic carbocycles. The number of hydrogen-bond acceptors (Lipinski definition) is 8. The van der Waals surface area contributed by atoms with Crippen LogP contribution in [0.15, 0.2) is 18.3 Å². The number of nitrogen functional groups attached to an aromatic ring is 2. The van der Waals surface area contributed by atoms with Gasteiger partial charge in [0.2, 0.25) is 5.95 Å². The zero-order chi connectivity index (χ0) is 21.9. The number of nitrogens with one attached hydrogen (secondary N) is 1. The Labute approximate surface area is 174 Å². The molecule has 6 N–H and O–H groups in total. The predicted octanol–water partition coefficient (Wildman–Crippen LogP) is 1.70. The van der Waals surface area contributed by atoms with E-state index in [4.69, 9.17) is 11.5 Å². The Kier molecular flexibility index (Phi) is 4.48. The van der Waals surface area contributed by atoms with Crippen molar-refractivity contribution in [2.75, 3.05) is 18.0 Å². The van der Waals surface area contributed by atoms with E-state index in [0.29, 0.717) is 23.8 Å². The van der Waals surface area contributed by atoms with Gasteiger partial charge in [0.25, 0.3) is 0 Å². The second kappa shape index (κ2) is 7.10. The highest BCUT2D eigenvalue weighted by Crippen LogP contribution is 2.35. The standard InChI is InChI=1S/C19H21F2N9O/c1-8-2-3-9(7-29(8)18(31)15-13(22)6-24-27-15)16-26-17-11-4-10(20)5-12(21)14(11)25-19(23)30(17)28-16/h4-6,8-9,18,31H,2-3,7,22H2,1H3,(H2,23,25)(H,24,27)/t8-,9+,18?/m0/s1. The maximum Gasteiger partial charge on any atom is 0.223 e. The molecule has 1 saturated heterocycles. The number of hydrogen-bond donors (Lipinski definition) is 4. The molecule has 0 saturated carbocycles. The minimum Gasteiger partial charge on any atom is -0.396 e. The van der Waals surface area contributed by atoms with Gasteiger partial charge in [0, 0.05) is 24.6 Å². The van der Waals surface area contributed by atoms with Gasteiger partial charge in [-0.3, -0.25) is 10.00 Å². The van der Waals surface area contributed by atoms with Gasteiger partial charge in [-0.1, -0.05) is 0 Å². The molecule has 4 heterocycles. The number of nitrogens with zero attached hydrogens (tertiary/aromatic N) is 6. The maximum absolute atomic E-state index is 14.2. The van der Waals surface area contributed by atoms with Crippen molar-refractivity contribution in [1.82, 2.24) is 34.7 Å². The minimum atomic E-state index is -0.965. The third-order valence-electron chi connectivity index (χ3n) is 5.90. The van der Waals surface area contributed by atoms with E-state index in [0.717, 1.165) is 18.9 Å². The number of aromatic nitrogens is 6. The number of aliphatic hydroxyl groups excluding tert-OH is 1. The van der Waals surface area contributed by atoms with Crippen LogP contribution in [0, 0.1) is 11.6 Å². The quantitative estimate of drug-likeness (QED) is 0.385. The number of fused-ring (bicyclic) bond motifs is 3. The Balaban J connectivity index is 1.54. The van der Waals surface area contributed by atoms with E-state index < -0.39 is 17.9 Å². The van der Waals surface area contributed by atoms with Gasteiger partial charge in [-0.25, -0.2) is 18.7 Å². The largest absolute Gasteiger partial charge is 0.396 e. The number of H-pyrrole nitrogens is 1. The van der Waals surface area contributed by atoms with Crippen LogP contribution >= 0.6 is 0 Å². The average molecular weight is 429 g/mol. The van der Waals surface area contributed by atoms with Crippen LogP contribution < -0.4 is 11.5 Å². The lowest BCUT2D eigenvalue weighted by Gasteiger charge is -2.39. The molecule has 1 aliphatic rings. The highest BCUT2D eigenvalue weighted by atomic mass is 19.1. The van der Waals surface area contributed by atoms with Crippen molar-refractivity contribution in [3.63, 3.8) is 0 Å². The van der Waals surface area contributed by atoms with E-state index in [-0.39, 0.29) is 34.5 Å². The fourth-order valence-corrected chi connectivity index (χ4v) is 4.21. The lowest BCUT2D eigenvalue weighted by molar-refractivity contribution is -0.0460. The molecule has 1 unspecified atom stereocenters. The molecule has 12 heteroatoms. The summed E-state index contributed by atoms with van der Waals surface area (Å²) >= 11 is 0. The van der Waals surface area contributed by atoms with Crippen molar-refractivity contribution in [3.05, 3.63) is 41.5 Å². The number of aromatic amines is 1. The fourth-order valence-electron chi connectivity index (χ4n) is 4.21. The molecule has 0 bridgehead atoms. The number of piperidine rings is 1. The summed E-state index contributed by atoms with van der Waals surface area (Å²) in [6, 6.07) is 2.01. The summed E-state index contributed by atoms with van der Waals surface area (Å²) < 4.78 is 29.3. The first-order chi connectivity index (χ1) is 14.8. The Morgan fingerprint density at radius 1 is 1.23 bits per heavy atom. The first-order valence-electron chi connectivity index (χ1n) is 9.87. The van der Waals surface area contributed by atoms with Crippen LogP contribution in [0.1, 0.15) is 43.4 Å². The predicted molar refractivity (Wildman–Crippen MR) is 109 cm³/mol. The minimum absolute atomic E-state index is 0.0435. The first kappa shape index (κ1) is 19.6. The monoisotopic (exact) mass is 429 g/mol. The number of halogens is 2. The number of aliphatic hydroxyl groups is 1. The smallest absolute Gasteiger partial charge is 0.223 e. The topological polar surface area (TPSA) is 147 Å². The van der Waals surface area contributed by atoms with Crippen molar-refractivity contribution in [2.24, 2.45) is 0 Å². The second-order valence-electron chi connectivity index (χ2n) is 7.89. The first-order valence-corrected chi connectivity index (χ1v) is 9.87. The van der Waals surface area contributed by atoms with Crippen LogP contribution in [0.3, 0.4) is 0 Å². The fraction of sp³-hybridized carbons (Fsp3) is 0.368. The SMILES string of the molecule is C[C@H]1CC[C@@H](c2nc3c4cc(F)cc(F)c4nc(N)n3n2)CN1C(O)c1[nH]ncc1N. The number of anilines is 2. The second-order valence-corrected chi connectivity index (χ2v) is 7.89. The molecule has 5 rings (SSSR count). The van der Waals surface area contributed by atoms with Gasteiger partial charge in [-0.15, -0.1) is 5.10 Å². The molecule has 3 atom stereocenters. The zero-order valence-corrected chi connectivity index (χ0v) is 16.6. The molecular weight excluding hydrogens is 408 g/mol. The summed E-state index contributed by atoms with van der Waals surface area (Å²) in [5.74, 6) is -1.26. The van der Waals surface area contributed by atoms with E-state index >= 15 is 0 Å². The van der Waals surface area contributed by atoms with Crippen LogP contribution in [0.2, 0.25) is 0 Å². The van der Waals surface area contributed by atoms with Crippen LogP contribution in [-0.4, -0.2) is 52.4 Å². The average Bonchev–Trinajstić information content (AvgIpc) is 3.36. The van der Waals surface area contributed by atoms with Gasteiger partial charge in [0.1, 0.15) is 17.0 Å². The van der Waals surface area contributed by atoms with E-state index in [2.05, 4.69) is 25.3 Å². The van der Waals surface area contributed by atoms with Gasteiger partial charge in [0.15, 0.2) is 23.5 Å². The summed E-state index contributed by atoms with van der Waals surface area (Å²) in [5, 5.41) is 22.1. The number of rotatable bonds is 3. The van der Waals surface area contributed by atoms with Gasteiger partial charge in [-0.2, -0.15) is 9.61 Å². The molecule has 1 fully saturated rings. The summed E-state index contributed by atoms with van der Waals surface area (Å²) in [6.45, 7) is 2.47. The molecule has 1 aliphatic heterocycles. The highest BCUT2D eigenvalue weighted by molar-refractivity contribution is 5.92. The molecule has 3 aromatic heterocycles. The summed E-state index contributed by atoms with van der Waals surface area (Å²) in [6.07, 6.45) is 2.04. The molecule has 0 radical (unpaired) electrons. The molecule has 0 amide bonds. The third kappa shape index (κ3) is 3.15. The van der Waals surface area contributed by atoms with E-state index in [1.165, 1.54) is 16.8 Å². The Hall–Kier alpha value is -3.38. The molecule has 1 aromatic carbocycles. The van der Waals surface area contributed by atoms with Crippen molar-refractivity contribution < 1.29 is 13.9 Å². The van der Waals surface area contributed by atoms with Crippen molar-refractivity contribution in [3.8, 4) is 0 Å². The highest BCUT2D eigenvalue weighted by Gasteiger charge is 2.34. The third-order valence-corrected chi connectivity index (χ3v) is 5.90. The van der Waals surface area contributed by atoms with Crippen LogP contribution in [0.25, 0.3) is 16.6 Å². The lowest BCUT2D eigenvalue weighted by atomic mass is 9.92. The van der Waals surface area contributed by atoms with Crippen LogP contribution in [-0.2, 0) is 0 Å². The van der Waals surface area contributed by atoms with E-state index in [1.807, 2.05) is 11.8 Å². The number of benzene rings is 1. The van der Waals surface area contributed by atoms with Crippen LogP contribution in [0.5, 0.6) is 0 Å².